The molecule has 0 aliphatic heterocycles. The number of pyridine rings is 1. The minimum Gasteiger partial charge on any atom is -0.476 e. The van der Waals surface area contributed by atoms with Gasteiger partial charge in [-0.1, -0.05) is 44.1 Å². The van der Waals surface area contributed by atoms with E-state index in [-0.39, 0.29) is 68.1 Å². The quantitative estimate of drug-likeness (QED) is 0.0230. The Labute approximate surface area is 361 Å². The average Bonchev–Trinajstić information content (AvgIpc) is 3.56. The van der Waals surface area contributed by atoms with Crippen molar-refractivity contribution in [1.29, 1.82) is 0 Å². The highest BCUT2D eigenvalue weighted by molar-refractivity contribution is 5.98. The smallest absolute Gasteiger partial charge is 0.413 e. The molecule has 6 amide bonds. The summed E-state index contributed by atoms with van der Waals surface area (Å²) in [6.07, 6.45) is 1.72. The number of carbonyl (C=O) groups is 5. The van der Waals surface area contributed by atoms with Crippen molar-refractivity contribution in [2.45, 2.75) is 65.3 Å². The molecule has 0 spiro atoms. The number of likely N-dealkylation sites (N-methyl/N-ethyl adjacent to an activating group) is 1. The Morgan fingerprint density at radius 1 is 0.984 bits per heavy atom. The number of nitrogens with zero attached hydrogens (tertiary/aromatic N) is 8. The Morgan fingerprint density at radius 3 is 2.38 bits per heavy atom. The van der Waals surface area contributed by atoms with E-state index in [1.54, 1.807) is 56.4 Å². The van der Waals surface area contributed by atoms with Crippen LogP contribution in [0.4, 0.5) is 21.1 Å². The summed E-state index contributed by atoms with van der Waals surface area (Å²) in [5, 5.41) is 16.1. The van der Waals surface area contributed by atoms with Crippen molar-refractivity contribution in [2.75, 3.05) is 57.6 Å². The predicted octanol–water partition coefficient (Wildman–Crippen LogP) is 2.36. The first kappa shape index (κ1) is 48.2. The fourth-order valence-corrected chi connectivity index (χ4v) is 5.70. The molecule has 1 aromatic carbocycles. The van der Waals surface area contributed by atoms with E-state index in [2.05, 4.69) is 56.5 Å². The molecule has 0 saturated heterocycles. The number of hydrogen-bond acceptors (Lipinski definition) is 14. The largest absolute Gasteiger partial charge is 0.476 e. The van der Waals surface area contributed by atoms with Crippen LogP contribution in [0.1, 0.15) is 51.2 Å². The molecule has 0 fully saturated rings. The molecule has 4 aromatic rings. The SMILES string of the molecule is CCCOc1nc(NC(=O)OCc2ccc(NC(=O)[C@H](CCCNC(N)=O)NC(=O)[C@@H](NC(=O)CN=[N+]=[N-])C(C)C)cc2)c2[nH]c(=O)n(Cc3ccc(OCCN(C)C)nc3)c2n1. The van der Waals surface area contributed by atoms with Gasteiger partial charge in [0.25, 0.3) is 0 Å². The maximum Gasteiger partial charge on any atom is 0.413 e. The molecule has 2 atom stereocenters. The van der Waals surface area contributed by atoms with Gasteiger partial charge in [-0.05, 0) is 68.1 Å². The zero-order valence-corrected chi connectivity index (χ0v) is 35.7. The third-order valence-corrected chi connectivity index (χ3v) is 8.92. The second-order valence-electron chi connectivity index (χ2n) is 14.6. The minimum atomic E-state index is -1.09. The fraction of sp³-hybridized carbons (Fsp3) is 0.462. The van der Waals surface area contributed by atoms with Crippen LogP contribution in [-0.2, 0) is 32.3 Å². The summed E-state index contributed by atoms with van der Waals surface area (Å²) in [4.78, 5) is 96.6. The Bertz CT molecular complexity index is 2290. The number of imidazole rings is 1. The van der Waals surface area contributed by atoms with E-state index in [4.69, 9.17) is 25.5 Å². The number of amides is 6. The molecule has 24 heteroatoms. The lowest BCUT2D eigenvalue weighted by atomic mass is 10.0. The van der Waals surface area contributed by atoms with Gasteiger partial charge >= 0.3 is 23.8 Å². The van der Waals surface area contributed by atoms with Crippen molar-refractivity contribution in [3.63, 3.8) is 0 Å². The number of azide groups is 1. The highest BCUT2D eigenvalue weighted by atomic mass is 16.5. The number of urea groups is 1. The van der Waals surface area contributed by atoms with Crippen molar-refractivity contribution in [2.24, 2.45) is 16.8 Å². The number of aromatic amines is 1. The molecule has 0 bridgehead atoms. The summed E-state index contributed by atoms with van der Waals surface area (Å²) in [5.74, 6) is -1.90. The molecule has 3 aromatic heterocycles. The molecule has 24 nitrogen and oxygen atoms in total. The van der Waals surface area contributed by atoms with E-state index in [9.17, 15) is 28.8 Å². The first-order chi connectivity index (χ1) is 30.2. The highest BCUT2D eigenvalue weighted by Gasteiger charge is 2.29. The van der Waals surface area contributed by atoms with Crippen molar-refractivity contribution in [3.8, 4) is 11.9 Å². The number of hydrogen-bond donors (Lipinski definition) is 7. The number of benzene rings is 1. The second-order valence-corrected chi connectivity index (χ2v) is 14.6. The van der Waals surface area contributed by atoms with Crippen LogP contribution in [0, 0.1) is 5.92 Å². The average molecular weight is 876 g/mol. The van der Waals surface area contributed by atoms with Crippen LogP contribution in [0.2, 0.25) is 0 Å². The van der Waals surface area contributed by atoms with Crippen LogP contribution in [0.5, 0.6) is 11.9 Å². The van der Waals surface area contributed by atoms with E-state index in [1.807, 2.05) is 25.9 Å². The number of anilines is 2. The van der Waals surface area contributed by atoms with Gasteiger partial charge in [-0.3, -0.25) is 24.3 Å². The van der Waals surface area contributed by atoms with Crippen LogP contribution in [-0.4, -0.2) is 118 Å². The van der Waals surface area contributed by atoms with Gasteiger partial charge in [0, 0.05) is 36.0 Å². The molecule has 3 heterocycles. The van der Waals surface area contributed by atoms with Crippen molar-refractivity contribution in [3.05, 3.63) is 74.6 Å². The summed E-state index contributed by atoms with van der Waals surface area (Å²) in [5.41, 5.74) is 15.1. The van der Waals surface area contributed by atoms with Crippen LogP contribution in [0.15, 0.2) is 52.5 Å². The summed E-state index contributed by atoms with van der Waals surface area (Å²) in [6.45, 7) is 6.28. The number of ether oxygens (including phenoxy) is 3. The number of fused-ring (bicyclic) bond motifs is 1. The standard InChI is InChI=1S/C39H53N15O9/c1-6-17-62-37-49-32(31-33(51-37)54(38(59)48-31)21-25-11-14-29(43-19-25)61-18-16-53(4)5)50-39(60)63-22-24-9-12-26(13-10-24)45-34(56)27(8-7-15-42-36(40)58)46-35(57)30(23(2)3)47-28(55)20-44-52-41/h9-14,19,23,27,30H,6-8,15-18,20-22H2,1-5H3,(H,45,56)(H,46,57)(H,47,55)(H,48,59)(H3,40,42,58)(H,49,50,51,60)/t27-,30-/m0/s1. The molecule has 0 aliphatic rings. The van der Waals surface area contributed by atoms with E-state index in [0.717, 1.165) is 6.54 Å². The number of H-pyrrole nitrogens is 1. The lowest BCUT2D eigenvalue weighted by Gasteiger charge is -2.25. The van der Waals surface area contributed by atoms with Crippen molar-refractivity contribution < 1.29 is 38.2 Å². The lowest BCUT2D eigenvalue weighted by Crippen LogP contribution is -2.55. The Balaban J connectivity index is 1.41. The van der Waals surface area contributed by atoms with E-state index >= 15 is 0 Å². The third kappa shape index (κ3) is 15.5. The third-order valence-electron chi connectivity index (χ3n) is 8.92. The number of nitrogens with two attached hydrogens (primary N) is 1. The summed E-state index contributed by atoms with van der Waals surface area (Å²) >= 11 is 0. The van der Waals surface area contributed by atoms with Crippen molar-refractivity contribution >= 4 is 52.5 Å². The number of nitrogens with one attached hydrogen (secondary N) is 6. The maximum atomic E-state index is 13.4. The minimum absolute atomic E-state index is 0.0462. The Hall–Kier alpha value is -7.46. The van der Waals surface area contributed by atoms with Gasteiger partial charge in [0.15, 0.2) is 11.5 Å². The van der Waals surface area contributed by atoms with E-state index < -0.39 is 54.2 Å². The van der Waals surface area contributed by atoms with Gasteiger partial charge in [0.2, 0.25) is 23.6 Å². The molecule has 0 saturated carbocycles. The summed E-state index contributed by atoms with van der Waals surface area (Å²) < 4.78 is 18.2. The van der Waals surface area contributed by atoms with Crippen LogP contribution < -0.4 is 47.5 Å². The molecule has 338 valence electrons. The predicted molar refractivity (Wildman–Crippen MR) is 230 cm³/mol. The second kappa shape index (κ2) is 24.1. The Kier molecular flexibility index (Phi) is 18.4. The van der Waals surface area contributed by atoms with Gasteiger partial charge < -0.3 is 51.1 Å². The molecule has 0 unspecified atom stereocenters. The molecule has 4 rings (SSSR count). The normalized spacial score (nSPS) is 11.9. The van der Waals surface area contributed by atoms with E-state index in [0.29, 0.717) is 35.7 Å². The topological polar surface area (TPSA) is 328 Å². The van der Waals surface area contributed by atoms with Gasteiger partial charge in [-0.25, -0.2) is 19.4 Å². The first-order valence-electron chi connectivity index (χ1n) is 20.0. The van der Waals surface area contributed by atoms with E-state index in [1.165, 1.54) is 4.57 Å². The lowest BCUT2D eigenvalue weighted by molar-refractivity contribution is -0.131. The molecule has 63 heavy (non-hydrogen) atoms. The van der Waals surface area contributed by atoms with Gasteiger partial charge in [0.1, 0.15) is 37.4 Å². The first-order valence-corrected chi connectivity index (χ1v) is 20.0. The number of rotatable bonds is 24. The molecule has 0 aliphatic carbocycles. The van der Waals surface area contributed by atoms with Gasteiger partial charge in [0.05, 0.1) is 13.2 Å². The molecule has 0 radical (unpaired) electrons. The monoisotopic (exact) mass is 875 g/mol. The number of carbonyl (C=O) groups excluding carboxylic acids is 5. The Morgan fingerprint density at radius 2 is 1.73 bits per heavy atom. The van der Waals surface area contributed by atoms with Crippen LogP contribution in [0.3, 0.4) is 0 Å². The zero-order chi connectivity index (χ0) is 45.9. The molecule has 8 N–H and O–H groups in total. The van der Waals surface area contributed by atoms with Crippen molar-refractivity contribution in [1.82, 2.24) is 45.4 Å². The van der Waals surface area contributed by atoms with Gasteiger partial charge in [-0.2, -0.15) is 9.97 Å². The zero-order valence-electron chi connectivity index (χ0n) is 35.7. The maximum absolute atomic E-state index is 13.4. The number of aromatic nitrogens is 5. The summed E-state index contributed by atoms with van der Waals surface area (Å²) in [6, 6.07) is 6.89. The van der Waals surface area contributed by atoms with Crippen LogP contribution in [0.25, 0.3) is 21.6 Å². The molecular formula is C39H53N15O9. The highest BCUT2D eigenvalue weighted by Crippen LogP contribution is 2.22. The number of primary amides is 1. The summed E-state index contributed by atoms with van der Waals surface area (Å²) in [7, 11) is 3.88. The van der Waals surface area contributed by atoms with Crippen LogP contribution >= 0.6 is 0 Å². The van der Waals surface area contributed by atoms with Gasteiger partial charge in [-0.15, -0.1) is 0 Å². The fourth-order valence-electron chi connectivity index (χ4n) is 5.70. The molecular weight excluding hydrogens is 823 g/mol.